The summed E-state index contributed by atoms with van der Waals surface area (Å²) in [5, 5.41) is 0.596. The van der Waals surface area contributed by atoms with Gasteiger partial charge in [0.05, 0.1) is 18.8 Å². The largest absolute Gasteiger partial charge is 0.376 e. The van der Waals surface area contributed by atoms with Gasteiger partial charge in [-0.15, -0.1) is 11.3 Å². The summed E-state index contributed by atoms with van der Waals surface area (Å²) >= 11 is 2.73. The highest BCUT2D eigenvalue weighted by atomic mass is 32.2. The Bertz CT molecular complexity index is 801. The van der Waals surface area contributed by atoms with Crippen molar-refractivity contribution in [2.45, 2.75) is 31.8 Å². The number of fused-ring (bicyclic) bond motifs is 1. The van der Waals surface area contributed by atoms with Gasteiger partial charge in [-0.2, -0.15) is 0 Å². The molecule has 2 amide bonds. The number of carbonyl (C=O) groups excluding carboxylic acids is 2. The van der Waals surface area contributed by atoms with Crippen LogP contribution in [-0.2, 0) is 22.6 Å². The highest BCUT2D eigenvalue weighted by Gasteiger charge is 2.29. The van der Waals surface area contributed by atoms with Crippen molar-refractivity contribution < 1.29 is 14.3 Å². The van der Waals surface area contributed by atoms with E-state index in [0.29, 0.717) is 30.2 Å². The number of benzene rings is 1. The van der Waals surface area contributed by atoms with E-state index in [9.17, 15) is 9.59 Å². The number of carbonyl (C=O) groups is 2. The van der Waals surface area contributed by atoms with Crippen LogP contribution in [0.1, 0.15) is 33.3 Å². The fourth-order valence-corrected chi connectivity index (χ4v) is 4.94. The van der Waals surface area contributed by atoms with Gasteiger partial charge in [-0.25, -0.2) is 4.31 Å². The van der Waals surface area contributed by atoms with Gasteiger partial charge >= 0.3 is 0 Å². The van der Waals surface area contributed by atoms with Crippen LogP contribution in [0.3, 0.4) is 0 Å². The Balaban J connectivity index is 2.06. The predicted octanol–water partition coefficient (Wildman–Crippen LogP) is 3.29. The molecule has 1 aliphatic rings. The van der Waals surface area contributed by atoms with E-state index in [1.807, 2.05) is 31.2 Å². The second kappa shape index (κ2) is 6.96. The fraction of sp³-hybridized carbons (Fsp3) is 0.294. The number of primary amides is 1. The van der Waals surface area contributed by atoms with Crippen molar-refractivity contribution in [1.29, 1.82) is 0 Å². The maximum atomic E-state index is 12.3. The molecule has 2 heterocycles. The molecule has 0 aliphatic carbocycles. The first-order valence-corrected chi connectivity index (χ1v) is 9.14. The molecule has 3 rings (SSSR count). The normalized spacial score (nSPS) is 13.4. The highest BCUT2D eigenvalue weighted by Crippen LogP contribution is 2.42. The number of hydrogen-bond donors (Lipinski definition) is 1. The molecule has 0 fully saturated rings. The first-order chi connectivity index (χ1) is 11.5. The van der Waals surface area contributed by atoms with E-state index in [2.05, 4.69) is 0 Å². The first-order valence-electron chi connectivity index (χ1n) is 7.55. The number of hydrogen-bond acceptors (Lipinski definition) is 5. The standard InChI is InChI=1S/C17H18N2O3S2/c1-10-5-3-4-6-13(10)24-19(11(2)20)17-15(16(18)21)12-7-8-22-9-14(12)23-17/h3-6H,7-9H2,1-2H3,(H2,18,21). The Hall–Kier alpha value is -1.83. The molecule has 2 N–H and O–H groups in total. The van der Waals surface area contributed by atoms with Crippen molar-refractivity contribution in [3.8, 4) is 0 Å². The second-order valence-electron chi connectivity index (χ2n) is 5.52. The molecule has 0 saturated heterocycles. The molecule has 7 heteroatoms. The Morgan fingerprint density at radius 3 is 2.75 bits per heavy atom. The summed E-state index contributed by atoms with van der Waals surface area (Å²) in [5.41, 5.74) is 8.07. The van der Waals surface area contributed by atoms with Crippen LogP contribution < -0.4 is 10.0 Å². The van der Waals surface area contributed by atoms with Gasteiger partial charge in [0.15, 0.2) is 0 Å². The SMILES string of the molecule is CC(=O)N(Sc1ccccc1C)c1sc2c(c1C(N)=O)CCOC2. The molecule has 1 aliphatic heterocycles. The third kappa shape index (κ3) is 3.19. The molecular weight excluding hydrogens is 344 g/mol. The summed E-state index contributed by atoms with van der Waals surface area (Å²) in [5.74, 6) is -0.647. The maximum absolute atomic E-state index is 12.3. The number of nitrogens with zero attached hydrogens (tertiary/aromatic N) is 1. The molecule has 0 atom stereocenters. The van der Waals surface area contributed by atoms with Crippen molar-refractivity contribution in [2.24, 2.45) is 5.73 Å². The summed E-state index contributed by atoms with van der Waals surface area (Å²) in [6.45, 7) is 4.50. The van der Waals surface area contributed by atoms with E-state index in [1.165, 1.54) is 30.2 Å². The Morgan fingerprint density at radius 2 is 2.08 bits per heavy atom. The Kier molecular flexibility index (Phi) is 4.93. The molecule has 2 aromatic rings. The van der Waals surface area contributed by atoms with E-state index in [1.54, 1.807) is 4.31 Å². The van der Waals surface area contributed by atoms with E-state index < -0.39 is 5.91 Å². The topological polar surface area (TPSA) is 72.6 Å². The lowest BCUT2D eigenvalue weighted by Crippen LogP contribution is -2.24. The Morgan fingerprint density at radius 1 is 1.33 bits per heavy atom. The molecule has 0 radical (unpaired) electrons. The lowest BCUT2D eigenvalue weighted by Gasteiger charge is -2.20. The smallest absolute Gasteiger partial charge is 0.252 e. The molecule has 1 aromatic heterocycles. The number of nitrogens with two attached hydrogens (primary N) is 1. The minimum Gasteiger partial charge on any atom is -0.376 e. The average molecular weight is 362 g/mol. The molecule has 5 nitrogen and oxygen atoms in total. The van der Waals surface area contributed by atoms with E-state index in [-0.39, 0.29) is 5.91 Å². The molecule has 0 saturated carbocycles. The number of rotatable bonds is 4. The minimum atomic E-state index is -0.499. The zero-order valence-electron chi connectivity index (χ0n) is 13.5. The zero-order valence-corrected chi connectivity index (χ0v) is 15.1. The molecule has 0 bridgehead atoms. The lowest BCUT2D eigenvalue weighted by molar-refractivity contribution is -0.115. The van der Waals surface area contributed by atoms with Gasteiger partial charge < -0.3 is 10.5 Å². The lowest BCUT2D eigenvalue weighted by atomic mass is 10.1. The average Bonchev–Trinajstić information content (AvgIpc) is 2.92. The van der Waals surface area contributed by atoms with Crippen LogP contribution in [-0.4, -0.2) is 18.4 Å². The number of amides is 2. The molecular formula is C17H18N2O3S2. The third-order valence-corrected chi connectivity index (χ3v) is 6.39. The summed E-state index contributed by atoms with van der Waals surface area (Å²) in [7, 11) is 0. The van der Waals surface area contributed by atoms with Gasteiger partial charge in [0.25, 0.3) is 5.91 Å². The van der Waals surface area contributed by atoms with E-state index >= 15 is 0 Å². The van der Waals surface area contributed by atoms with Crippen LogP contribution in [0.5, 0.6) is 0 Å². The van der Waals surface area contributed by atoms with E-state index in [4.69, 9.17) is 10.5 Å². The van der Waals surface area contributed by atoms with Crippen LogP contribution in [0.15, 0.2) is 29.2 Å². The van der Waals surface area contributed by atoms with Crippen LogP contribution in [0.2, 0.25) is 0 Å². The van der Waals surface area contributed by atoms with Crippen molar-refractivity contribution in [2.75, 3.05) is 10.9 Å². The van der Waals surface area contributed by atoms with Crippen molar-refractivity contribution >= 4 is 40.1 Å². The summed E-state index contributed by atoms with van der Waals surface area (Å²) < 4.78 is 7.03. The summed E-state index contributed by atoms with van der Waals surface area (Å²) in [6, 6.07) is 7.82. The zero-order chi connectivity index (χ0) is 17.3. The van der Waals surface area contributed by atoms with E-state index in [0.717, 1.165) is 20.9 Å². The summed E-state index contributed by atoms with van der Waals surface area (Å²) in [4.78, 5) is 26.3. The number of aryl methyl sites for hydroxylation is 1. The molecule has 24 heavy (non-hydrogen) atoms. The Labute approximate surface area is 148 Å². The number of anilines is 1. The van der Waals surface area contributed by atoms with Crippen LogP contribution in [0.4, 0.5) is 5.00 Å². The van der Waals surface area contributed by atoms with Gasteiger partial charge in [-0.3, -0.25) is 9.59 Å². The second-order valence-corrected chi connectivity index (χ2v) is 7.59. The van der Waals surface area contributed by atoms with Gasteiger partial charge in [0.1, 0.15) is 5.00 Å². The minimum absolute atomic E-state index is 0.148. The van der Waals surface area contributed by atoms with Crippen molar-refractivity contribution in [3.05, 3.63) is 45.8 Å². The third-order valence-electron chi connectivity index (χ3n) is 3.80. The maximum Gasteiger partial charge on any atom is 0.252 e. The van der Waals surface area contributed by atoms with Gasteiger partial charge in [0.2, 0.25) is 5.91 Å². The number of ether oxygens (including phenoxy) is 1. The highest BCUT2D eigenvalue weighted by molar-refractivity contribution is 8.01. The van der Waals surface area contributed by atoms with Crippen LogP contribution in [0.25, 0.3) is 0 Å². The van der Waals surface area contributed by atoms with Crippen molar-refractivity contribution in [1.82, 2.24) is 0 Å². The molecule has 0 unspecified atom stereocenters. The summed E-state index contributed by atoms with van der Waals surface area (Å²) in [6.07, 6.45) is 0.644. The predicted molar refractivity (Wildman–Crippen MR) is 96.4 cm³/mol. The van der Waals surface area contributed by atoms with Gasteiger partial charge in [0, 0.05) is 16.7 Å². The fourth-order valence-electron chi connectivity index (χ4n) is 2.62. The molecule has 126 valence electrons. The van der Waals surface area contributed by atoms with Gasteiger partial charge in [-0.05, 0) is 42.5 Å². The molecule has 0 spiro atoms. The first kappa shape index (κ1) is 17.0. The monoisotopic (exact) mass is 362 g/mol. The van der Waals surface area contributed by atoms with Crippen LogP contribution >= 0.6 is 23.3 Å². The molecule has 1 aromatic carbocycles. The van der Waals surface area contributed by atoms with Gasteiger partial charge in [-0.1, -0.05) is 18.2 Å². The van der Waals surface area contributed by atoms with Crippen LogP contribution in [0, 0.1) is 6.92 Å². The van der Waals surface area contributed by atoms with Crippen molar-refractivity contribution in [3.63, 3.8) is 0 Å². The quantitative estimate of drug-likeness (QED) is 0.847. The number of thiophene rings is 1.